The van der Waals surface area contributed by atoms with Crippen LogP contribution >= 0.6 is 0 Å². The first-order chi connectivity index (χ1) is 14.3. The Bertz CT molecular complexity index is 969. The lowest BCUT2D eigenvalue weighted by molar-refractivity contribution is 0.0770. The molecule has 0 amide bonds. The number of nitrogens with two attached hydrogens (primary N) is 1. The van der Waals surface area contributed by atoms with Crippen molar-refractivity contribution >= 4 is 10.9 Å². The zero-order valence-electron chi connectivity index (χ0n) is 16.9. The third-order valence-electron chi connectivity index (χ3n) is 6.66. The summed E-state index contributed by atoms with van der Waals surface area (Å²) in [7, 11) is 0. The number of aromatic amines is 1. The summed E-state index contributed by atoms with van der Waals surface area (Å²) >= 11 is 0. The standard InChI is InChI=1S/C24H30N4O/c25-12-15-28-13-10-21-20-8-4-5-9-22(20)26-23(21)24(28)11-14-27(18-24)16-17-29-19-6-2-1-3-7-19/h1-9,26H,10-18,25H2. The first kappa shape index (κ1) is 18.7. The highest BCUT2D eigenvalue weighted by molar-refractivity contribution is 5.85. The van der Waals surface area contributed by atoms with Crippen molar-refractivity contribution in [2.45, 2.75) is 18.4 Å². The molecule has 29 heavy (non-hydrogen) atoms. The molecule has 152 valence electrons. The van der Waals surface area contributed by atoms with Gasteiger partial charge in [-0.05, 0) is 36.6 Å². The minimum absolute atomic E-state index is 0.0404. The SMILES string of the molecule is NCCN1CCc2c([nH]c3ccccc23)C12CCN(CCOc1ccccc1)C2. The van der Waals surface area contributed by atoms with Gasteiger partial charge in [0.1, 0.15) is 12.4 Å². The lowest BCUT2D eigenvalue weighted by atomic mass is 9.84. The summed E-state index contributed by atoms with van der Waals surface area (Å²) in [5, 5.41) is 1.39. The Hall–Kier alpha value is -2.34. The summed E-state index contributed by atoms with van der Waals surface area (Å²) in [5.41, 5.74) is 10.2. The lowest BCUT2D eigenvalue weighted by Gasteiger charge is -2.45. The average Bonchev–Trinajstić information content (AvgIpc) is 3.34. The van der Waals surface area contributed by atoms with E-state index in [-0.39, 0.29) is 5.54 Å². The van der Waals surface area contributed by atoms with Gasteiger partial charge in [-0.25, -0.2) is 0 Å². The van der Waals surface area contributed by atoms with Crippen LogP contribution in [0.1, 0.15) is 17.7 Å². The Morgan fingerprint density at radius 1 is 1.00 bits per heavy atom. The predicted molar refractivity (Wildman–Crippen MR) is 117 cm³/mol. The van der Waals surface area contributed by atoms with Crippen molar-refractivity contribution in [3.8, 4) is 5.75 Å². The summed E-state index contributed by atoms with van der Waals surface area (Å²) < 4.78 is 5.95. The molecule has 0 bridgehead atoms. The quantitative estimate of drug-likeness (QED) is 0.679. The molecular weight excluding hydrogens is 360 g/mol. The van der Waals surface area contributed by atoms with Gasteiger partial charge in [-0.3, -0.25) is 9.80 Å². The highest BCUT2D eigenvalue weighted by atomic mass is 16.5. The summed E-state index contributed by atoms with van der Waals surface area (Å²) in [4.78, 5) is 8.98. The number of rotatable bonds is 6. The summed E-state index contributed by atoms with van der Waals surface area (Å²) in [6, 6.07) is 18.8. The molecule has 2 aliphatic rings. The summed E-state index contributed by atoms with van der Waals surface area (Å²) in [5.74, 6) is 0.946. The van der Waals surface area contributed by atoms with Gasteiger partial charge in [-0.1, -0.05) is 36.4 Å². The molecule has 1 atom stereocenters. The van der Waals surface area contributed by atoms with Gasteiger partial charge in [0.25, 0.3) is 0 Å². The van der Waals surface area contributed by atoms with E-state index in [2.05, 4.69) is 39.0 Å². The molecule has 1 fully saturated rings. The van der Waals surface area contributed by atoms with Crippen molar-refractivity contribution in [3.63, 3.8) is 0 Å². The Morgan fingerprint density at radius 3 is 2.69 bits per heavy atom. The maximum absolute atomic E-state index is 6.00. The Kier molecular flexibility index (Phi) is 5.04. The predicted octanol–water partition coefficient (Wildman–Crippen LogP) is 2.96. The van der Waals surface area contributed by atoms with Gasteiger partial charge in [0.15, 0.2) is 0 Å². The molecule has 3 N–H and O–H groups in total. The van der Waals surface area contributed by atoms with Crippen LogP contribution in [0.4, 0.5) is 0 Å². The number of para-hydroxylation sites is 2. The van der Waals surface area contributed by atoms with Crippen LogP contribution in [-0.2, 0) is 12.0 Å². The highest BCUT2D eigenvalue weighted by Crippen LogP contribution is 2.44. The van der Waals surface area contributed by atoms with Crippen molar-refractivity contribution in [2.75, 3.05) is 45.9 Å². The minimum Gasteiger partial charge on any atom is -0.492 e. The van der Waals surface area contributed by atoms with E-state index >= 15 is 0 Å². The third-order valence-corrected chi connectivity index (χ3v) is 6.66. The molecule has 1 saturated heterocycles. The van der Waals surface area contributed by atoms with Crippen molar-refractivity contribution < 1.29 is 4.74 Å². The highest BCUT2D eigenvalue weighted by Gasteiger charge is 2.48. The topological polar surface area (TPSA) is 57.5 Å². The van der Waals surface area contributed by atoms with Crippen LogP contribution in [0.2, 0.25) is 0 Å². The fourth-order valence-corrected chi connectivity index (χ4v) is 5.29. The Morgan fingerprint density at radius 2 is 1.83 bits per heavy atom. The molecule has 1 aromatic heterocycles. The smallest absolute Gasteiger partial charge is 0.119 e. The molecule has 5 heteroatoms. The number of hydrogen-bond acceptors (Lipinski definition) is 4. The average molecular weight is 391 g/mol. The van der Waals surface area contributed by atoms with Gasteiger partial charge in [0.2, 0.25) is 0 Å². The van der Waals surface area contributed by atoms with Crippen molar-refractivity contribution in [2.24, 2.45) is 5.73 Å². The van der Waals surface area contributed by atoms with Gasteiger partial charge < -0.3 is 15.5 Å². The molecular formula is C24H30N4O. The van der Waals surface area contributed by atoms with E-state index in [1.54, 1.807) is 0 Å². The monoisotopic (exact) mass is 390 g/mol. The Labute approximate surface area is 172 Å². The Balaban J connectivity index is 1.37. The maximum Gasteiger partial charge on any atom is 0.119 e. The van der Waals surface area contributed by atoms with Crippen LogP contribution < -0.4 is 10.5 Å². The maximum atomic E-state index is 6.00. The molecule has 2 aromatic carbocycles. The number of nitrogens with zero attached hydrogens (tertiary/aromatic N) is 2. The van der Waals surface area contributed by atoms with E-state index in [0.717, 1.165) is 57.9 Å². The van der Waals surface area contributed by atoms with Crippen LogP contribution in [0, 0.1) is 0 Å². The molecule has 0 saturated carbocycles. The van der Waals surface area contributed by atoms with Crippen LogP contribution in [0.5, 0.6) is 5.75 Å². The molecule has 1 spiro atoms. The summed E-state index contributed by atoms with van der Waals surface area (Å²) in [6.07, 6.45) is 2.23. The fourth-order valence-electron chi connectivity index (χ4n) is 5.29. The fraction of sp³-hybridized carbons (Fsp3) is 0.417. The minimum atomic E-state index is 0.0404. The van der Waals surface area contributed by atoms with E-state index < -0.39 is 0 Å². The zero-order chi connectivity index (χ0) is 19.7. The number of aromatic nitrogens is 1. The van der Waals surface area contributed by atoms with Gasteiger partial charge >= 0.3 is 0 Å². The van der Waals surface area contributed by atoms with Crippen molar-refractivity contribution in [3.05, 3.63) is 65.9 Å². The first-order valence-electron chi connectivity index (χ1n) is 10.8. The number of likely N-dealkylation sites (tertiary alicyclic amines) is 1. The molecule has 1 unspecified atom stereocenters. The zero-order valence-corrected chi connectivity index (χ0v) is 16.9. The van der Waals surface area contributed by atoms with Gasteiger partial charge in [0.05, 0.1) is 5.54 Å². The molecule has 3 heterocycles. The number of benzene rings is 2. The number of nitrogens with one attached hydrogen (secondary N) is 1. The third kappa shape index (κ3) is 3.33. The second-order valence-electron chi connectivity index (χ2n) is 8.27. The lowest BCUT2D eigenvalue weighted by Crippen LogP contribution is -2.54. The molecule has 5 rings (SSSR count). The largest absolute Gasteiger partial charge is 0.492 e. The van der Waals surface area contributed by atoms with Gasteiger partial charge in [-0.2, -0.15) is 0 Å². The van der Waals surface area contributed by atoms with E-state index in [9.17, 15) is 0 Å². The van der Waals surface area contributed by atoms with Gasteiger partial charge in [-0.15, -0.1) is 0 Å². The molecule has 5 nitrogen and oxygen atoms in total. The van der Waals surface area contributed by atoms with Crippen LogP contribution in [0.25, 0.3) is 10.9 Å². The van der Waals surface area contributed by atoms with E-state index in [1.165, 1.54) is 22.2 Å². The second kappa shape index (κ2) is 7.82. The van der Waals surface area contributed by atoms with Crippen molar-refractivity contribution in [1.29, 1.82) is 0 Å². The first-order valence-corrected chi connectivity index (χ1v) is 10.8. The molecule has 2 aliphatic heterocycles. The number of H-pyrrole nitrogens is 1. The number of ether oxygens (including phenoxy) is 1. The van der Waals surface area contributed by atoms with Gasteiger partial charge in [0, 0.05) is 55.9 Å². The van der Waals surface area contributed by atoms with Crippen LogP contribution in [0.15, 0.2) is 54.6 Å². The second-order valence-corrected chi connectivity index (χ2v) is 8.27. The van der Waals surface area contributed by atoms with Crippen LogP contribution in [-0.4, -0.2) is 60.7 Å². The van der Waals surface area contributed by atoms with Crippen molar-refractivity contribution in [1.82, 2.24) is 14.8 Å². The van der Waals surface area contributed by atoms with E-state index in [0.29, 0.717) is 6.54 Å². The van der Waals surface area contributed by atoms with Crippen LogP contribution in [0.3, 0.4) is 0 Å². The summed E-state index contributed by atoms with van der Waals surface area (Å²) in [6.45, 7) is 6.52. The molecule has 3 aromatic rings. The van der Waals surface area contributed by atoms with E-state index in [4.69, 9.17) is 10.5 Å². The normalized spacial score (nSPS) is 22.4. The van der Waals surface area contributed by atoms with E-state index in [1.807, 2.05) is 30.3 Å². The molecule has 0 aliphatic carbocycles. The number of fused-ring (bicyclic) bond motifs is 4. The number of hydrogen-bond donors (Lipinski definition) is 2. The molecule has 0 radical (unpaired) electrons.